The quantitative estimate of drug-likeness (QED) is 0.604. The van der Waals surface area contributed by atoms with Crippen molar-refractivity contribution in [2.24, 2.45) is 12.5 Å². The van der Waals surface area contributed by atoms with E-state index in [1.54, 1.807) is 13.1 Å². The largest absolute Gasteiger partial charge is 0.383 e. The van der Waals surface area contributed by atoms with Crippen molar-refractivity contribution >= 4 is 23.3 Å². The molecule has 2 aromatic heterocycles. The molecule has 1 fully saturated rings. The zero-order valence-corrected chi connectivity index (χ0v) is 20.0. The molecule has 0 aromatic carbocycles. The fourth-order valence-electron chi connectivity index (χ4n) is 4.19. The number of nitrogens with zero attached hydrogens (tertiary/aromatic N) is 5. The molecule has 3 N–H and O–H groups in total. The first-order chi connectivity index (χ1) is 15.1. The Kier molecular flexibility index (Phi) is 6.88. The van der Waals surface area contributed by atoms with Crippen molar-refractivity contribution in [1.82, 2.24) is 14.5 Å². The van der Waals surface area contributed by atoms with E-state index in [2.05, 4.69) is 16.9 Å². The topological polar surface area (TPSA) is 113 Å². The van der Waals surface area contributed by atoms with E-state index in [0.717, 1.165) is 44.8 Å². The molecule has 0 aliphatic carbocycles. The summed E-state index contributed by atoms with van der Waals surface area (Å²) in [5.41, 5.74) is 7.43. The van der Waals surface area contributed by atoms with Crippen LogP contribution in [0.15, 0.2) is 16.9 Å². The fourth-order valence-corrected chi connectivity index (χ4v) is 4.19. The summed E-state index contributed by atoms with van der Waals surface area (Å²) in [5, 5.41) is 8.68. The number of ether oxygens (including phenoxy) is 1. The molecule has 0 spiro atoms. The number of hydrogen-bond acceptors (Lipinski definition) is 8. The van der Waals surface area contributed by atoms with Gasteiger partial charge in [-0.25, -0.2) is 4.98 Å². The SMILES string of the molecule is CCC1(CCN(C)c2nc(N)c(C(=N)c3ccc(N(C)C)nc3C)c(=O)n2C)CCOC1. The van der Waals surface area contributed by atoms with Crippen LogP contribution in [0.25, 0.3) is 0 Å². The standard InChI is InChI=1S/C23H35N7O2/c1-7-23(11-13-32-14-23)10-12-29(5)22-27-20(25)18(21(31)30(22)6)19(24)16-8-9-17(28(3)4)26-15(16)2/h8-9,24H,7,10-14,25H2,1-6H3. The van der Waals surface area contributed by atoms with Crippen LogP contribution in [0.1, 0.15) is 43.0 Å². The van der Waals surface area contributed by atoms with Crippen molar-refractivity contribution < 1.29 is 4.74 Å². The molecule has 0 radical (unpaired) electrons. The lowest BCUT2D eigenvalue weighted by molar-refractivity contribution is 0.144. The first-order valence-electron chi connectivity index (χ1n) is 11.0. The first-order valence-corrected chi connectivity index (χ1v) is 11.0. The average molecular weight is 442 g/mol. The monoisotopic (exact) mass is 441 g/mol. The summed E-state index contributed by atoms with van der Waals surface area (Å²) in [7, 11) is 7.40. The van der Waals surface area contributed by atoms with Gasteiger partial charge in [0.1, 0.15) is 17.2 Å². The van der Waals surface area contributed by atoms with Gasteiger partial charge in [0.2, 0.25) is 5.95 Å². The molecule has 32 heavy (non-hydrogen) atoms. The van der Waals surface area contributed by atoms with Crippen molar-refractivity contribution in [2.45, 2.75) is 33.1 Å². The Morgan fingerprint density at radius 3 is 2.59 bits per heavy atom. The highest BCUT2D eigenvalue weighted by molar-refractivity contribution is 6.13. The highest BCUT2D eigenvalue weighted by Crippen LogP contribution is 2.36. The van der Waals surface area contributed by atoms with Crippen LogP contribution in [0.3, 0.4) is 0 Å². The van der Waals surface area contributed by atoms with Gasteiger partial charge in [-0.3, -0.25) is 14.8 Å². The lowest BCUT2D eigenvalue weighted by Crippen LogP contribution is -2.35. The zero-order valence-electron chi connectivity index (χ0n) is 20.0. The van der Waals surface area contributed by atoms with E-state index < -0.39 is 0 Å². The smallest absolute Gasteiger partial charge is 0.266 e. The number of rotatable bonds is 8. The van der Waals surface area contributed by atoms with E-state index in [9.17, 15) is 4.79 Å². The van der Waals surface area contributed by atoms with Crippen LogP contribution in [0, 0.1) is 17.7 Å². The van der Waals surface area contributed by atoms with Crippen LogP contribution in [0.5, 0.6) is 0 Å². The molecule has 174 valence electrons. The molecule has 1 atom stereocenters. The van der Waals surface area contributed by atoms with Gasteiger partial charge in [0.05, 0.1) is 12.3 Å². The number of nitrogens with one attached hydrogen (secondary N) is 1. The maximum Gasteiger partial charge on any atom is 0.266 e. The second-order valence-electron chi connectivity index (χ2n) is 8.94. The number of pyridine rings is 1. The summed E-state index contributed by atoms with van der Waals surface area (Å²) in [6, 6.07) is 3.62. The minimum Gasteiger partial charge on any atom is -0.383 e. The van der Waals surface area contributed by atoms with E-state index in [4.69, 9.17) is 15.9 Å². The highest BCUT2D eigenvalue weighted by Gasteiger charge is 2.33. The fraction of sp³-hybridized carbons (Fsp3) is 0.565. The van der Waals surface area contributed by atoms with E-state index in [1.165, 1.54) is 4.57 Å². The van der Waals surface area contributed by atoms with E-state index >= 15 is 0 Å². The van der Waals surface area contributed by atoms with Gasteiger partial charge in [-0.1, -0.05) is 6.92 Å². The summed E-state index contributed by atoms with van der Waals surface area (Å²) in [4.78, 5) is 26.1. The molecule has 1 aliphatic heterocycles. The van der Waals surface area contributed by atoms with Crippen molar-refractivity contribution in [3.8, 4) is 0 Å². The molecule has 1 unspecified atom stereocenters. The van der Waals surface area contributed by atoms with E-state index in [0.29, 0.717) is 17.2 Å². The summed E-state index contributed by atoms with van der Waals surface area (Å²) >= 11 is 0. The van der Waals surface area contributed by atoms with Crippen LogP contribution < -0.4 is 21.1 Å². The molecule has 0 amide bonds. The normalized spacial score (nSPS) is 18.1. The molecule has 1 saturated heterocycles. The Bertz CT molecular complexity index is 1060. The van der Waals surface area contributed by atoms with Gasteiger partial charge in [0, 0.05) is 52.6 Å². The third kappa shape index (κ3) is 4.48. The average Bonchev–Trinajstić information content (AvgIpc) is 3.24. The zero-order chi connectivity index (χ0) is 23.6. The first kappa shape index (κ1) is 23.7. The summed E-state index contributed by atoms with van der Waals surface area (Å²) < 4.78 is 7.10. The van der Waals surface area contributed by atoms with E-state index in [-0.39, 0.29) is 28.1 Å². The maximum absolute atomic E-state index is 13.2. The van der Waals surface area contributed by atoms with Gasteiger partial charge in [-0.15, -0.1) is 0 Å². The predicted octanol–water partition coefficient (Wildman–Crippen LogP) is 2.19. The van der Waals surface area contributed by atoms with Gasteiger partial charge in [-0.2, -0.15) is 4.98 Å². The Morgan fingerprint density at radius 1 is 1.31 bits per heavy atom. The predicted molar refractivity (Wildman–Crippen MR) is 129 cm³/mol. The third-order valence-corrected chi connectivity index (χ3v) is 6.60. The Morgan fingerprint density at radius 2 is 2.03 bits per heavy atom. The number of aromatic nitrogens is 3. The molecule has 9 nitrogen and oxygen atoms in total. The summed E-state index contributed by atoms with van der Waals surface area (Å²) in [6.45, 7) is 6.35. The van der Waals surface area contributed by atoms with Crippen molar-refractivity contribution in [3.63, 3.8) is 0 Å². The second kappa shape index (κ2) is 9.28. The van der Waals surface area contributed by atoms with Crippen LogP contribution in [0.2, 0.25) is 0 Å². The van der Waals surface area contributed by atoms with Crippen molar-refractivity contribution in [2.75, 3.05) is 56.4 Å². The Labute approximate surface area is 189 Å². The molecule has 0 saturated carbocycles. The van der Waals surface area contributed by atoms with Crippen molar-refractivity contribution in [3.05, 3.63) is 39.3 Å². The molecular weight excluding hydrogens is 406 g/mol. The molecule has 9 heteroatoms. The minimum absolute atomic E-state index is 0.0353. The molecule has 0 bridgehead atoms. The molecular formula is C23H35N7O2. The van der Waals surface area contributed by atoms with Gasteiger partial charge >= 0.3 is 0 Å². The van der Waals surface area contributed by atoms with Crippen LogP contribution >= 0.6 is 0 Å². The van der Waals surface area contributed by atoms with Crippen LogP contribution in [-0.4, -0.2) is 61.1 Å². The van der Waals surface area contributed by atoms with Gasteiger partial charge < -0.3 is 20.3 Å². The number of aryl methyl sites for hydroxylation is 1. The number of nitrogens with two attached hydrogens (primary N) is 1. The number of nitrogen functional groups attached to an aromatic ring is 1. The number of hydrogen-bond donors (Lipinski definition) is 2. The minimum atomic E-state index is -0.338. The Balaban J connectivity index is 1.88. The van der Waals surface area contributed by atoms with Gasteiger partial charge in [0.15, 0.2) is 0 Å². The molecule has 1 aliphatic rings. The lowest BCUT2D eigenvalue weighted by atomic mass is 9.81. The summed E-state index contributed by atoms with van der Waals surface area (Å²) in [5.74, 6) is 1.34. The number of anilines is 3. The highest BCUT2D eigenvalue weighted by atomic mass is 16.5. The molecule has 3 heterocycles. The van der Waals surface area contributed by atoms with Gasteiger partial charge in [0.25, 0.3) is 5.56 Å². The van der Waals surface area contributed by atoms with E-state index in [1.807, 2.05) is 43.9 Å². The van der Waals surface area contributed by atoms with Crippen LogP contribution in [-0.2, 0) is 11.8 Å². The van der Waals surface area contributed by atoms with Crippen molar-refractivity contribution in [1.29, 1.82) is 5.41 Å². The summed E-state index contributed by atoms with van der Waals surface area (Å²) in [6.07, 6.45) is 3.07. The molecule has 2 aromatic rings. The maximum atomic E-state index is 13.2. The van der Waals surface area contributed by atoms with Gasteiger partial charge in [-0.05, 0) is 43.7 Å². The molecule has 3 rings (SSSR count). The second-order valence-corrected chi connectivity index (χ2v) is 8.94. The third-order valence-electron chi connectivity index (χ3n) is 6.60. The Hall–Kier alpha value is -2.94. The lowest BCUT2D eigenvalue weighted by Gasteiger charge is -2.29. The van der Waals surface area contributed by atoms with Crippen LogP contribution in [0.4, 0.5) is 17.6 Å².